The lowest BCUT2D eigenvalue weighted by molar-refractivity contribution is -0.384. The summed E-state index contributed by atoms with van der Waals surface area (Å²) in [5.74, 6) is 0.334. The quantitative estimate of drug-likeness (QED) is 0.529. The highest BCUT2D eigenvalue weighted by Gasteiger charge is 2.36. The standard InChI is InChI=1S/C14H19N3O6S2/c18-17(19)12-1-3-14(4-2-12)25(22,23)16-8-6-15(7-9-16)13-5-10-24(20,21)11-13/h1-4,13H,5-11H2/t13-/m1/s1. The van der Waals surface area contributed by atoms with Gasteiger partial charge >= 0.3 is 0 Å². The van der Waals surface area contributed by atoms with Crippen molar-refractivity contribution in [3.05, 3.63) is 34.4 Å². The maximum absolute atomic E-state index is 12.6. The van der Waals surface area contributed by atoms with Gasteiger partial charge in [-0.25, -0.2) is 16.8 Å². The minimum Gasteiger partial charge on any atom is -0.297 e. The van der Waals surface area contributed by atoms with E-state index in [4.69, 9.17) is 0 Å². The van der Waals surface area contributed by atoms with Crippen molar-refractivity contribution in [2.75, 3.05) is 37.7 Å². The van der Waals surface area contributed by atoms with E-state index >= 15 is 0 Å². The smallest absolute Gasteiger partial charge is 0.269 e. The Morgan fingerprint density at radius 3 is 2.16 bits per heavy atom. The number of rotatable bonds is 4. The van der Waals surface area contributed by atoms with E-state index in [1.165, 1.54) is 28.6 Å². The molecule has 1 aromatic rings. The molecule has 2 aliphatic rings. The predicted molar refractivity (Wildman–Crippen MR) is 90.5 cm³/mol. The van der Waals surface area contributed by atoms with Gasteiger partial charge in [0.25, 0.3) is 5.69 Å². The number of piperazine rings is 1. The monoisotopic (exact) mass is 389 g/mol. The fraction of sp³-hybridized carbons (Fsp3) is 0.571. The molecule has 25 heavy (non-hydrogen) atoms. The van der Waals surface area contributed by atoms with Crippen molar-refractivity contribution in [2.45, 2.75) is 17.4 Å². The second kappa shape index (κ2) is 6.63. The van der Waals surface area contributed by atoms with Crippen LogP contribution in [0.5, 0.6) is 0 Å². The van der Waals surface area contributed by atoms with Crippen molar-refractivity contribution >= 4 is 25.5 Å². The molecule has 0 aliphatic carbocycles. The van der Waals surface area contributed by atoms with Gasteiger partial charge in [-0.2, -0.15) is 4.31 Å². The molecule has 1 atom stereocenters. The third-order valence-corrected chi connectivity index (χ3v) is 8.35. The van der Waals surface area contributed by atoms with Gasteiger partial charge < -0.3 is 0 Å². The van der Waals surface area contributed by atoms with Crippen molar-refractivity contribution in [3.8, 4) is 0 Å². The number of nitro benzene ring substituents is 1. The van der Waals surface area contributed by atoms with Crippen LogP contribution in [0.4, 0.5) is 5.69 Å². The van der Waals surface area contributed by atoms with Crippen molar-refractivity contribution in [1.29, 1.82) is 0 Å². The van der Waals surface area contributed by atoms with Gasteiger partial charge in [0.1, 0.15) is 0 Å². The molecule has 9 nitrogen and oxygen atoms in total. The maximum Gasteiger partial charge on any atom is 0.269 e. The summed E-state index contributed by atoms with van der Waals surface area (Å²) in [6, 6.07) is 4.79. The van der Waals surface area contributed by atoms with Gasteiger partial charge in [-0.05, 0) is 18.6 Å². The van der Waals surface area contributed by atoms with Gasteiger partial charge in [-0.1, -0.05) is 0 Å². The van der Waals surface area contributed by atoms with Crippen LogP contribution in [-0.2, 0) is 19.9 Å². The molecule has 0 radical (unpaired) electrons. The van der Waals surface area contributed by atoms with Crippen molar-refractivity contribution < 1.29 is 21.8 Å². The zero-order chi connectivity index (χ0) is 18.2. The van der Waals surface area contributed by atoms with E-state index in [-0.39, 0.29) is 41.2 Å². The first-order valence-corrected chi connectivity index (χ1v) is 11.1. The number of sulfone groups is 1. The topological polar surface area (TPSA) is 118 Å². The molecular formula is C14H19N3O6S2. The predicted octanol–water partition coefficient (Wildman–Crippen LogP) is 0.0882. The summed E-state index contributed by atoms with van der Waals surface area (Å²) in [5.41, 5.74) is -0.161. The molecule has 1 aromatic carbocycles. The Morgan fingerprint density at radius 1 is 1.08 bits per heavy atom. The highest BCUT2D eigenvalue weighted by molar-refractivity contribution is 7.91. The molecule has 0 aromatic heterocycles. The molecule has 0 N–H and O–H groups in total. The van der Waals surface area contributed by atoms with Crippen LogP contribution in [0.1, 0.15) is 6.42 Å². The van der Waals surface area contributed by atoms with Crippen molar-refractivity contribution in [1.82, 2.24) is 9.21 Å². The second-order valence-electron chi connectivity index (χ2n) is 6.25. The number of hydrogen-bond donors (Lipinski definition) is 0. The maximum atomic E-state index is 12.6. The number of benzene rings is 1. The van der Waals surface area contributed by atoms with Crippen LogP contribution in [-0.4, -0.2) is 74.7 Å². The molecule has 2 fully saturated rings. The Morgan fingerprint density at radius 2 is 1.68 bits per heavy atom. The Labute approximate surface area is 146 Å². The van der Waals surface area contributed by atoms with E-state index in [1.54, 1.807) is 0 Å². The van der Waals surface area contributed by atoms with E-state index in [2.05, 4.69) is 0 Å². The molecule has 3 rings (SSSR count). The third-order valence-electron chi connectivity index (χ3n) is 4.68. The highest BCUT2D eigenvalue weighted by atomic mass is 32.2. The van der Waals surface area contributed by atoms with E-state index in [9.17, 15) is 26.9 Å². The van der Waals surface area contributed by atoms with Crippen LogP contribution in [0, 0.1) is 10.1 Å². The molecule has 138 valence electrons. The van der Waals surface area contributed by atoms with E-state index in [1.807, 2.05) is 4.90 Å². The average Bonchev–Trinajstić information content (AvgIpc) is 2.95. The number of sulfonamides is 1. The molecule has 0 bridgehead atoms. The molecule has 2 heterocycles. The Kier molecular flexibility index (Phi) is 4.84. The molecule has 0 spiro atoms. The number of nitro groups is 1. The minimum atomic E-state index is -3.71. The van der Waals surface area contributed by atoms with Gasteiger partial charge in [-0.15, -0.1) is 0 Å². The van der Waals surface area contributed by atoms with E-state index < -0.39 is 24.8 Å². The van der Waals surface area contributed by atoms with E-state index in [0.717, 1.165) is 0 Å². The van der Waals surface area contributed by atoms with Crippen LogP contribution in [0.2, 0.25) is 0 Å². The molecule has 0 unspecified atom stereocenters. The van der Waals surface area contributed by atoms with Crippen molar-refractivity contribution in [2.24, 2.45) is 0 Å². The van der Waals surface area contributed by atoms with E-state index in [0.29, 0.717) is 19.5 Å². The first-order chi connectivity index (χ1) is 11.7. The highest BCUT2D eigenvalue weighted by Crippen LogP contribution is 2.23. The zero-order valence-electron chi connectivity index (χ0n) is 13.4. The summed E-state index contributed by atoms with van der Waals surface area (Å²) in [7, 11) is -6.68. The van der Waals surface area contributed by atoms with Crippen LogP contribution in [0.25, 0.3) is 0 Å². The van der Waals surface area contributed by atoms with Gasteiger partial charge in [-0.3, -0.25) is 15.0 Å². The van der Waals surface area contributed by atoms with Crippen LogP contribution in [0.3, 0.4) is 0 Å². The lowest BCUT2D eigenvalue weighted by Crippen LogP contribution is -2.52. The summed E-state index contributed by atoms with van der Waals surface area (Å²) in [6.45, 7) is 1.50. The lowest BCUT2D eigenvalue weighted by Gasteiger charge is -2.36. The number of non-ortho nitro benzene ring substituents is 1. The zero-order valence-corrected chi connectivity index (χ0v) is 15.1. The fourth-order valence-electron chi connectivity index (χ4n) is 3.26. The first-order valence-electron chi connectivity index (χ1n) is 7.88. The minimum absolute atomic E-state index is 0.0231. The fourth-order valence-corrected chi connectivity index (χ4v) is 6.45. The van der Waals surface area contributed by atoms with Crippen LogP contribution < -0.4 is 0 Å². The first kappa shape index (κ1) is 18.2. The normalized spacial score (nSPS) is 25.0. The van der Waals surface area contributed by atoms with Crippen LogP contribution in [0.15, 0.2) is 29.2 Å². The Hall–Kier alpha value is -1.56. The molecule has 2 saturated heterocycles. The number of nitrogens with zero attached hydrogens (tertiary/aromatic N) is 3. The summed E-state index contributed by atoms with van der Waals surface area (Å²) in [4.78, 5) is 12.1. The van der Waals surface area contributed by atoms with Crippen LogP contribution >= 0.6 is 0 Å². The summed E-state index contributed by atoms with van der Waals surface area (Å²) in [5, 5.41) is 10.7. The summed E-state index contributed by atoms with van der Waals surface area (Å²) < 4.78 is 49.8. The summed E-state index contributed by atoms with van der Waals surface area (Å²) in [6.07, 6.45) is 0.595. The van der Waals surface area contributed by atoms with Crippen molar-refractivity contribution in [3.63, 3.8) is 0 Å². The molecule has 0 saturated carbocycles. The summed E-state index contributed by atoms with van der Waals surface area (Å²) >= 11 is 0. The second-order valence-corrected chi connectivity index (χ2v) is 10.4. The van der Waals surface area contributed by atoms with Gasteiger partial charge in [0.15, 0.2) is 9.84 Å². The molecular weight excluding hydrogens is 370 g/mol. The largest absolute Gasteiger partial charge is 0.297 e. The average molecular weight is 389 g/mol. The van der Waals surface area contributed by atoms with Gasteiger partial charge in [0.2, 0.25) is 10.0 Å². The lowest BCUT2D eigenvalue weighted by atomic mass is 10.2. The molecule has 0 amide bonds. The molecule has 2 aliphatic heterocycles. The molecule has 11 heteroatoms. The Bertz CT molecular complexity index is 858. The third kappa shape index (κ3) is 3.84. The SMILES string of the molecule is O=[N+]([O-])c1ccc(S(=O)(=O)N2CCN([C@@H]3CCS(=O)(=O)C3)CC2)cc1. The Balaban J connectivity index is 1.66. The van der Waals surface area contributed by atoms with Gasteiger partial charge in [0.05, 0.1) is 21.3 Å². The van der Waals surface area contributed by atoms with Gasteiger partial charge in [0, 0.05) is 44.4 Å². The number of hydrogen-bond acceptors (Lipinski definition) is 7.